The standard InChI is InChI=1S/C23H23BrN4O4S/c1-3-32-13-5-12-27-20(25)19(33(30,31)17-9-7-16(24)8-10-17)14-18-22(27)26-21-15(2)6-4-11-28(21)23(18)29/h4,6-11,14,25H,3,5,12-13H2,1-2H3. The Morgan fingerprint density at radius 1 is 1.15 bits per heavy atom. The van der Waals surface area contributed by atoms with Crippen molar-refractivity contribution in [3.63, 3.8) is 0 Å². The first kappa shape index (κ1) is 23.3. The van der Waals surface area contributed by atoms with E-state index in [1.807, 2.05) is 19.9 Å². The lowest BCUT2D eigenvalue weighted by Crippen LogP contribution is -2.30. The number of aryl methyl sites for hydroxylation is 2. The lowest BCUT2D eigenvalue weighted by atomic mass is 10.2. The highest BCUT2D eigenvalue weighted by atomic mass is 79.9. The molecule has 0 aliphatic heterocycles. The maximum absolute atomic E-state index is 13.5. The van der Waals surface area contributed by atoms with Crippen LogP contribution < -0.4 is 11.0 Å². The van der Waals surface area contributed by atoms with E-state index in [1.165, 1.54) is 27.2 Å². The van der Waals surface area contributed by atoms with Gasteiger partial charge in [-0.25, -0.2) is 13.4 Å². The van der Waals surface area contributed by atoms with Gasteiger partial charge in [0.1, 0.15) is 21.7 Å². The number of hydrogen-bond donors (Lipinski definition) is 1. The number of benzene rings is 1. The van der Waals surface area contributed by atoms with Crippen molar-refractivity contribution < 1.29 is 13.2 Å². The Labute approximate surface area is 199 Å². The Bertz CT molecular complexity index is 1580. The van der Waals surface area contributed by atoms with Crippen molar-refractivity contribution >= 4 is 42.4 Å². The summed E-state index contributed by atoms with van der Waals surface area (Å²) in [5.41, 5.74) is 0.953. The van der Waals surface area contributed by atoms with E-state index in [4.69, 9.17) is 10.1 Å². The molecule has 3 heterocycles. The summed E-state index contributed by atoms with van der Waals surface area (Å²) < 4.78 is 36.0. The number of aromatic nitrogens is 3. The second kappa shape index (κ2) is 9.20. The third-order valence-corrected chi connectivity index (χ3v) is 7.70. The summed E-state index contributed by atoms with van der Waals surface area (Å²) >= 11 is 3.31. The average Bonchev–Trinajstić information content (AvgIpc) is 2.79. The zero-order valence-electron chi connectivity index (χ0n) is 18.2. The van der Waals surface area contributed by atoms with Crippen LogP contribution in [0.25, 0.3) is 16.7 Å². The molecule has 0 fully saturated rings. The quantitative estimate of drug-likeness (QED) is 0.291. The molecule has 0 bridgehead atoms. The third kappa shape index (κ3) is 4.25. The minimum atomic E-state index is -4.05. The highest BCUT2D eigenvalue weighted by molar-refractivity contribution is 9.10. The average molecular weight is 531 g/mol. The van der Waals surface area contributed by atoms with Gasteiger partial charge in [0.15, 0.2) is 0 Å². The second-order valence-electron chi connectivity index (χ2n) is 7.56. The van der Waals surface area contributed by atoms with Crippen LogP contribution in [0.3, 0.4) is 0 Å². The number of halogens is 1. The van der Waals surface area contributed by atoms with E-state index in [0.717, 1.165) is 10.0 Å². The number of fused-ring (bicyclic) bond motifs is 2. The van der Waals surface area contributed by atoms with Gasteiger partial charge in [0.2, 0.25) is 9.84 Å². The van der Waals surface area contributed by atoms with Crippen LogP contribution in [0, 0.1) is 12.3 Å². The molecule has 10 heteroatoms. The SMILES string of the molecule is CCOCCCn1c(=N)c(S(=O)(=O)c2ccc(Br)cc2)cc2c(=O)n3cccc(C)c3nc21. The molecule has 4 aromatic rings. The maximum Gasteiger partial charge on any atom is 0.267 e. The van der Waals surface area contributed by atoms with Gasteiger partial charge in [-0.3, -0.25) is 14.6 Å². The number of hydrogen-bond acceptors (Lipinski definition) is 6. The Balaban J connectivity index is 2.04. The number of ether oxygens (including phenoxy) is 1. The molecule has 0 amide bonds. The van der Waals surface area contributed by atoms with Crippen molar-refractivity contribution in [3.8, 4) is 0 Å². The van der Waals surface area contributed by atoms with Crippen molar-refractivity contribution in [2.24, 2.45) is 0 Å². The van der Waals surface area contributed by atoms with Gasteiger partial charge in [-0.2, -0.15) is 0 Å². The van der Waals surface area contributed by atoms with Crippen LogP contribution in [-0.2, 0) is 21.1 Å². The Hall–Kier alpha value is -2.82. The summed E-state index contributed by atoms with van der Waals surface area (Å²) in [7, 11) is -4.05. The predicted octanol–water partition coefficient (Wildman–Crippen LogP) is 3.46. The van der Waals surface area contributed by atoms with Crippen LogP contribution in [-0.4, -0.2) is 35.6 Å². The highest BCUT2D eigenvalue weighted by Gasteiger charge is 2.24. The largest absolute Gasteiger partial charge is 0.382 e. The van der Waals surface area contributed by atoms with Gasteiger partial charge in [-0.05, 0) is 62.2 Å². The van der Waals surface area contributed by atoms with Crippen LogP contribution >= 0.6 is 15.9 Å². The summed E-state index contributed by atoms with van der Waals surface area (Å²) in [4.78, 5) is 17.8. The van der Waals surface area contributed by atoms with Gasteiger partial charge >= 0.3 is 0 Å². The summed E-state index contributed by atoms with van der Waals surface area (Å²) in [6, 6.07) is 11.1. The molecule has 8 nitrogen and oxygen atoms in total. The topological polar surface area (TPSA) is 107 Å². The minimum Gasteiger partial charge on any atom is -0.382 e. The normalized spacial score (nSPS) is 12.0. The number of sulfone groups is 1. The highest BCUT2D eigenvalue weighted by Crippen LogP contribution is 2.23. The summed E-state index contributed by atoms with van der Waals surface area (Å²) in [6.07, 6.45) is 2.14. The fourth-order valence-electron chi connectivity index (χ4n) is 3.70. The van der Waals surface area contributed by atoms with E-state index in [2.05, 4.69) is 20.9 Å². The summed E-state index contributed by atoms with van der Waals surface area (Å²) in [5, 5.41) is 8.91. The lowest BCUT2D eigenvalue weighted by Gasteiger charge is -2.15. The molecule has 0 spiro atoms. The fourth-order valence-corrected chi connectivity index (χ4v) is 5.35. The van der Waals surface area contributed by atoms with E-state index in [0.29, 0.717) is 25.3 Å². The third-order valence-electron chi connectivity index (χ3n) is 5.39. The Morgan fingerprint density at radius 3 is 2.58 bits per heavy atom. The molecule has 3 aromatic heterocycles. The molecule has 0 aliphatic carbocycles. The van der Waals surface area contributed by atoms with Gasteiger partial charge in [-0.1, -0.05) is 22.0 Å². The van der Waals surface area contributed by atoms with Gasteiger partial charge < -0.3 is 9.30 Å². The molecule has 4 rings (SSSR count). The van der Waals surface area contributed by atoms with Crippen LogP contribution in [0.2, 0.25) is 0 Å². The van der Waals surface area contributed by atoms with Crippen LogP contribution in [0.15, 0.2) is 67.7 Å². The fraction of sp³-hybridized carbons (Fsp3) is 0.261. The van der Waals surface area contributed by atoms with Gasteiger partial charge in [-0.15, -0.1) is 0 Å². The van der Waals surface area contributed by atoms with Crippen LogP contribution in [0.1, 0.15) is 18.9 Å². The lowest BCUT2D eigenvalue weighted by molar-refractivity contribution is 0.141. The first-order valence-corrected chi connectivity index (χ1v) is 12.7. The van der Waals surface area contributed by atoms with Crippen LogP contribution in [0.4, 0.5) is 0 Å². The molecule has 33 heavy (non-hydrogen) atoms. The van der Waals surface area contributed by atoms with Gasteiger partial charge in [0.05, 0.1) is 10.3 Å². The molecule has 0 radical (unpaired) electrons. The Kier molecular flexibility index (Phi) is 6.51. The molecular formula is C23H23BrN4O4S. The molecule has 172 valence electrons. The van der Waals surface area contributed by atoms with Crippen molar-refractivity contribution in [1.82, 2.24) is 14.0 Å². The van der Waals surface area contributed by atoms with E-state index in [-0.39, 0.29) is 38.4 Å². The number of pyridine rings is 2. The van der Waals surface area contributed by atoms with Gasteiger partial charge in [0, 0.05) is 30.4 Å². The number of nitrogens with zero attached hydrogens (tertiary/aromatic N) is 3. The molecule has 1 aromatic carbocycles. The number of nitrogens with one attached hydrogen (secondary N) is 1. The van der Waals surface area contributed by atoms with E-state index < -0.39 is 9.84 Å². The first-order chi connectivity index (χ1) is 15.8. The second-order valence-corrected chi connectivity index (χ2v) is 10.4. The molecule has 1 N–H and O–H groups in total. The Morgan fingerprint density at radius 2 is 1.88 bits per heavy atom. The summed E-state index contributed by atoms with van der Waals surface area (Å²) in [5.74, 6) is 0. The first-order valence-electron chi connectivity index (χ1n) is 10.4. The van der Waals surface area contributed by atoms with E-state index >= 15 is 0 Å². The van der Waals surface area contributed by atoms with E-state index in [9.17, 15) is 13.2 Å². The molecule has 0 saturated heterocycles. The van der Waals surface area contributed by atoms with Crippen molar-refractivity contribution in [2.75, 3.05) is 13.2 Å². The van der Waals surface area contributed by atoms with Crippen molar-refractivity contribution in [2.45, 2.75) is 36.6 Å². The smallest absolute Gasteiger partial charge is 0.267 e. The molecule has 0 atom stereocenters. The van der Waals surface area contributed by atoms with Gasteiger partial charge in [0.25, 0.3) is 5.56 Å². The zero-order valence-corrected chi connectivity index (χ0v) is 20.6. The van der Waals surface area contributed by atoms with E-state index in [1.54, 1.807) is 24.4 Å². The maximum atomic E-state index is 13.5. The molecular weight excluding hydrogens is 508 g/mol. The van der Waals surface area contributed by atoms with Crippen molar-refractivity contribution in [3.05, 3.63) is 74.5 Å². The van der Waals surface area contributed by atoms with Crippen LogP contribution in [0.5, 0.6) is 0 Å². The minimum absolute atomic E-state index is 0.0455. The predicted molar refractivity (Wildman–Crippen MR) is 128 cm³/mol. The zero-order chi connectivity index (χ0) is 23.8. The molecule has 0 aliphatic rings. The number of rotatable bonds is 7. The summed E-state index contributed by atoms with van der Waals surface area (Å²) in [6.45, 7) is 5.02. The molecule has 0 saturated carbocycles. The monoisotopic (exact) mass is 530 g/mol. The molecule has 0 unspecified atom stereocenters. The van der Waals surface area contributed by atoms with Crippen molar-refractivity contribution in [1.29, 1.82) is 5.41 Å².